The first-order valence-electron chi connectivity index (χ1n) is 8.90. The molecule has 0 fully saturated rings. The number of fused-ring (bicyclic) bond motifs is 2. The molecule has 0 N–H and O–H groups in total. The van der Waals surface area contributed by atoms with Gasteiger partial charge in [0.15, 0.2) is 11.5 Å². The summed E-state index contributed by atoms with van der Waals surface area (Å²) in [4.78, 5) is 17.5. The molecular formula is C21H21N3O4. The van der Waals surface area contributed by atoms with Crippen LogP contribution in [0.3, 0.4) is 0 Å². The second kappa shape index (κ2) is 7.26. The Morgan fingerprint density at radius 1 is 0.929 bits per heavy atom. The van der Waals surface area contributed by atoms with Crippen molar-refractivity contribution in [2.24, 2.45) is 0 Å². The molecule has 2 aromatic carbocycles. The summed E-state index contributed by atoms with van der Waals surface area (Å²) in [7, 11) is 4.56. The van der Waals surface area contributed by atoms with Gasteiger partial charge in [0.1, 0.15) is 5.52 Å². The average Bonchev–Trinajstić information content (AvgIpc) is 3.15. The van der Waals surface area contributed by atoms with Crippen LogP contribution in [0.2, 0.25) is 0 Å². The summed E-state index contributed by atoms with van der Waals surface area (Å²) in [6.07, 6.45) is 3.58. The largest absolute Gasteiger partial charge is 0.493 e. The van der Waals surface area contributed by atoms with Crippen molar-refractivity contribution in [3.05, 3.63) is 59.3 Å². The van der Waals surface area contributed by atoms with Crippen LogP contribution in [0.25, 0.3) is 21.8 Å². The maximum absolute atomic E-state index is 13.0. The van der Waals surface area contributed by atoms with Gasteiger partial charge in [-0.15, -0.1) is 0 Å². The molecule has 4 aromatic rings. The number of nitrogens with zero attached hydrogens (tertiary/aromatic N) is 3. The van der Waals surface area contributed by atoms with Gasteiger partial charge in [0.05, 0.1) is 33.0 Å². The van der Waals surface area contributed by atoms with Gasteiger partial charge in [0, 0.05) is 24.8 Å². The lowest BCUT2D eigenvalue weighted by atomic mass is 10.2. The summed E-state index contributed by atoms with van der Waals surface area (Å²) in [5, 5.41) is 1.60. The maximum Gasteiger partial charge on any atom is 0.261 e. The molecule has 0 atom stereocenters. The number of aryl methyl sites for hydroxylation is 2. The lowest BCUT2D eigenvalue weighted by Gasteiger charge is -2.15. The van der Waals surface area contributed by atoms with Crippen molar-refractivity contribution in [1.29, 1.82) is 0 Å². The quantitative estimate of drug-likeness (QED) is 0.515. The molecule has 0 saturated heterocycles. The van der Waals surface area contributed by atoms with E-state index in [4.69, 9.17) is 14.2 Å². The van der Waals surface area contributed by atoms with Gasteiger partial charge >= 0.3 is 0 Å². The fraction of sp³-hybridized carbons (Fsp3) is 0.238. The van der Waals surface area contributed by atoms with Crippen LogP contribution >= 0.6 is 0 Å². The van der Waals surface area contributed by atoms with Crippen molar-refractivity contribution in [2.45, 2.75) is 13.1 Å². The molecule has 0 amide bonds. The molecule has 0 saturated carbocycles. The minimum absolute atomic E-state index is 0.152. The van der Waals surface area contributed by atoms with E-state index in [2.05, 4.69) is 27.8 Å². The van der Waals surface area contributed by atoms with Gasteiger partial charge in [-0.05, 0) is 23.6 Å². The van der Waals surface area contributed by atoms with E-state index in [0.29, 0.717) is 41.2 Å². The lowest BCUT2D eigenvalue weighted by Crippen LogP contribution is -2.23. The Bertz CT molecular complexity index is 1210. The molecule has 7 heteroatoms. The van der Waals surface area contributed by atoms with Crippen molar-refractivity contribution in [1.82, 2.24) is 14.1 Å². The summed E-state index contributed by atoms with van der Waals surface area (Å²) in [6.45, 7) is 1.15. The van der Waals surface area contributed by atoms with E-state index in [1.165, 1.54) is 26.7 Å². The predicted molar refractivity (Wildman–Crippen MR) is 108 cm³/mol. The van der Waals surface area contributed by atoms with Gasteiger partial charge in [-0.1, -0.05) is 18.2 Å². The first-order chi connectivity index (χ1) is 13.7. The molecule has 0 aliphatic heterocycles. The minimum Gasteiger partial charge on any atom is -0.493 e. The number of hydrogen-bond donors (Lipinski definition) is 0. The number of methoxy groups -OCH3 is 3. The second-order valence-electron chi connectivity index (χ2n) is 6.35. The summed E-state index contributed by atoms with van der Waals surface area (Å²) >= 11 is 0. The highest BCUT2D eigenvalue weighted by Gasteiger charge is 2.19. The van der Waals surface area contributed by atoms with E-state index < -0.39 is 0 Å². The number of hydrogen-bond acceptors (Lipinski definition) is 5. The molecule has 144 valence electrons. The fourth-order valence-electron chi connectivity index (χ4n) is 3.48. The Hall–Kier alpha value is -3.48. The smallest absolute Gasteiger partial charge is 0.261 e. The second-order valence-corrected chi connectivity index (χ2v) is 6.35. The zero-order valence-electron chi connectivity index (χ0n) is 16.0. The minimum atomic E-state index is -0.152. The molecule has 0 bridgehead atoms. The molecule has 0 spiro atoms. The Morgan fingerprint density at radius 3 is 2.43 bits per heavy atom. The summed E-state index contributed by atoms with van der Waals surface area (Å²) < 4.78 is 19.9. The monoisotopic (exact) mass is 379 g/mol. The Morgan fingerprint density at radius 2 is 1.68 bits per heavy atom. The van der Waals surface area contributed by atoms with E-state index >= 15 is 0 Å². The molecule has 2 heterocycles. The highest BCUT2D eigenvalue weighted by atomic mass is 16.5. The highest BCUT2D eigenvalue weighted by Crippen LogP contribution is 2.41. The first-order valence-corrected chi connectivity index (χ1v) is 8.90. The summed E-state index contributed by atoms with van der Waals surface area (Å²) in [6, 6.07) is 11.9. The van der Waals surface area contributed by atoms with Gasteiger partial charge in [0.25, 0.3) is 5.56 Å². The van der Waals surface area contributed by atoms with Crippen molar-refractivity contribution in [3.8, 4) is 17.2 Å². The lowest BCUT2D eigenvalue weighted by molar-refractivity contribution is 0.326. The normalized spacial score (nSPS) is 11.1. The third-order valence-electron chi connectivity index (χ3n) is 4.88. The third kappa shape index (κ3) is 2.85. The van der Waals surface area contributed by atoms with E-state index in [-0.39, 0.29) is 5.56 Å². The summed E-state index contributed by atoms with van der Waals surface area (Å²) in [5.41, 5.74) is 1.44. The van der Waals surface area contributed by atoms with E-state index in [9.17, 15) is 4.79 Å². The highest BCUT2D eigenvalue weighted by molar-refractivity contribution is 5.89. The first kappa shape index (κ1) is 17.9. The molecule has 0 aliphatic rings. The van der Waals surface area contributed by atoms with Gasteiger partial charge < -0.3 is 18.8 Å². The molecule has 4 rings (SSSR count). The van der Waals surface area contributed by atoms with Gasteiger partial charge in [-0.3, -0.25) is 9.36 Å². The molecule has 2 aromatic heterocycles. The van der Waals surface area contributed by atoms with E-state index in [1.807, 2.05) is 18.3 Å². The molecule has 0 radical (unpaired) electrons. The number of aromatic nitrogens is 3. The Kier molecular flexibility index (Phi) is 4.65. The van der Waals surface area contributed by atoms with Crippen LogP contribution in [0, 0.1) is 0 Å². The molecule has 28 heavy (non-hydrogen) atoms. The molecule has 0 unspecified atom stereocenters. The zero-order chi connectivity index (χ0) is 19.7. The van der Waals surface area contributed by atoms with E-state index in [1.54, 1.807) is 17.0 Å². The third-order valence-corrected chi connectivity index (χ3v) is 4.88. The van der Waals surface area contributed by atoms with Crippen LogP contribution in [0.15, 0.2) is 53.7 Å². The van der Waals surface area contributed by atoms with Crippen molar-refractivity contribution in [2.75, 3.05) is 21.3 Å². The number of rotatable bonds is 6. The fourth-order valence-corrected chi connectivity index (χ4v) is 3.48. The summed E-state index contributed by atoms with van der Waals surface area (Å²) in [5.74, 6) is 1.23. The SMILES string of the molecule is COc1cc2c(=O)n(CCn3ccc4ccccc43)cnc2c(OC)c1OC. The Balaban J connectivity index is 1.74. The van der Waals surface area contributed by atoms with Crippen molar-refractivity contribution >= 4 is 21.8 Å². The van der Waals surface area contributed by atoms with Crippen LogP contribution < -0.4 is 19.8 Å². The number of benzene rings is 2. The van der Waals surface area contributed by atoms with Crippen LogP contribution in [0.5, 0.6) is 17.2 Å². The average molecular weight is 379 g/mol. The molecular weight excluding hydrogens is 358 g/mol. The van der Waals surface area contributed by atoms with Gasteiger partial charge in [0.2, 0.25) is 5.75 Å². The van der Waals surface area contributed by atoms with Gasteiger partial charge in [-0.2, -0.15) is 0 Å². The standard InChI is InChI=1S/C21H21N3O4/c1-26-17-12-15-18(20(28-3)19(17)27-2)22-13-24(21(15)25)11-10-23-9-8-14-6-4-5-7-16(14)23/h4-9,12-13H,10-11H2,1-3H3. The molecule has 0 aliphatic carbocycles. The predicted octanol–water partition coefficient (Wildman–Crippen LogP) is 3.08. The number of para-hydroxylation sites is 1. The van der Waals surface area contributed by atoms with Crippen molar-refractivity contribution < 1.29 is 14.2 Å². The van der Waals surface area contributed by atoms with Crippen LogP contribution in [0.4, 0.5) is 0 Å². The van der Waals surface area contributed by atoms with Gasteiger partial charge in [-0.25, -0.2) is 4.98 Å². The zero-order valence-corrected chi connectivity index (χ0v) is 16.0. The van der Waals surface area contributed by atoms with E-state index in [0.717, 1.165) is 5.52 Å². The van der Waals surface area contributed by atoms with Crippen LogP contribution in [-0.2, 0) is 13.1 Å². The molecule has 7 nitrogen and oxygen atoms in total. The Labute approximate surface area is 161 Å². The van der Waals surface area contributed by atoms with Crippen LogP contribution in [-0.4, -0.2) is 35.4 Å². The number of ether oxygens (including phenoxy) is 3. The van der Waals surface area contributed by atoms with Crippen molar-refractivity contribution in [3.63, 3.8) is 0 Å². The van der Waals surface area contributed by atoms with Crippen LogP contribution in [0.1, 0.15) is 0 Å². The maximum atomic E-state index is 13.0. The topological polar surface area (TPSA) is 67.5 Å².